The van der Waals surface area contributed by atoms with Crippen molar-refractivity contribution in [3.05, 3.63) is 22.3 Å². The summed E-state index contributed by atoms with van der Waals surface area (Å²) in [5.74, 6) is -0.909. The second kappa shape index (κ2) is 7.19. The van der Waals surface area contributed by atoms with Crippen LogP contribution in [-0.4, -0.2) is 34.1 Å². The number of aliphatic hydroxyl groups excluding tert-OH is 1. The van der Waals surface area contributed by atoms with Crippen LogP contribution in [-0.2, 0) is 9.53 Å². The highest BCUT2D eigenvalue weighted by atomic mass is 16.6. The molecule has 7 nitrogen and oxygen atoms in total. The maximum Gasteiger partial charge on any atom is 0.412 e. The third kappa shape index (κ3) is 4.69. The van der Waals surface area contributed by atoms with Gasteiger partial charge in [0.25, 0.3) is 5.91 Å². The van der Waals surface area contributed by atoms with Crippen molar-refractivity contribution in [3.63, 3.8) is 0 Å². The summed E-state index contributed by atoms with van der Waals surface area (Å²) in [6, 6.07) is 0. The summed E-state index contributed by atoms with van der Waals surface area (Å²) in [6.45, 7) is 12.5. The summed E-state index contributed by atoms with van der Waals surface area (Å²) in [4.78, 5) is 23.6. The fourth-order valence-corrected chi connectivity index (χ4v) is 2.28. The molecule has 0 fully saturated rings. The summed E-state index contributed by atoms with van der Waals surface area (Å²) in [5, 5.41) is 23.2. The van der Waals surface area contributed by atoms with Crippen LogP contribution in [0.4, 0.5) is 16.2 Å². The molecule has 1 aromatic rings. The maximum absolute atomic E-state index is 12.0. The number of carbonyl (C=O) groups is 2. The first-order valence-corrected chi connectivity index (χ1v) is 7.62. The van der Waals surface area contributed by atoms with Crippen LogP contribution < -0.4 is 10.6 Å². The number of hydrogen-bond acceptors (Lipinski definition) is 5. The summed E-state index contributed by atoms with van der Waals surface area (Å²) in [7, 11) is 0. The van der Waals surface area contributed by atoms with E-state index in [0.717, 1.165) is 22.3 Å². The Labute approximate surface area is 142 Å². The van der Waals surface area contributed by atoms with E-state index in [1.807, 2.05) is 0 Å². The number of carbonyl (C=O) groups excluding carboxylic acids is 2. The summed E-state index contributed by atoms with van der Waals surface area (Å²) in [6.07, 6.45) is -2.65. The number of nitrogens with one attached hydrogen (secondary N) is 2. The van der Waals surface area contributed by atoms with Gasteiger partial charge in [0.15, 0.2) is 0 Å². The molecule has 0 aliphatic carbocycles. The Hall–Kier alpha value is -2.12. The number of benzene rings is 1. The highest BCUT2D eigenvalue weighted by Crippen LogP contribution is 2.34. The van der Waals surface area contributed by atoms with Crippen molar-refractivity contribution >= 4 is 23.4 Å². The summed E-state index contributed by atoms with van der Waals surface area (Å²) >= 11 is 0. The van der Waals surface area contributed by atoms with Crippen LogP contribution in [0.1, 0.15) is 43.0 Å². The lowest BCUT2D eigenvalue weighted by Crippen LogP contribution is -2.29. The molecule has 1 aromatic carbocycles. The van der Waals surface area contributed by atoms with Crippen LogP contribution in [0, 0.1) is 27.7 Å². The third-order valence-electron chi connectivity index (χ3n) is 3.73. The Balaban J connectivity index is 3.23. The zero-order valence-corrected chi connectivity index (χ0v) is 15.2. The zero-order valence-electron chi connectivity index (χ0n) is 15.2. The van der Waals surface area contributed by atoms with Gasteiger partial charge in [-0.3, -0.25) is 10.1 Å². The molecule has 0 spiro atoms. The number of anilines is 2. The van der Waals surface area contributed by atoms with Gasteiger partial charge in [0.05, 0.1) is 5.69 Å². The highest BCUT2D eigenvalue weighted by molar-refractivity contribution is 5.96. The quantitative estimate of drug-likeness (QED) is 0.633. The third-order valence-corrected chi connectivity index (χ3v) is 3.73. The summed E-state index contributed by atoms with van der Waals surface area (Å²) < 4.78 is 5.27. The van der Waals surface area contributed by atoms with Crippen LogP contribution in [0.5, 0.6) is 0 Å². The van der Waals surface area contributed by atoms with E-state index in [4.69, 9.17) is 14.9 Å². The second-order valence-electron chi connectivity index (χ2n) is 6.74. The van der Waals surface area contributed by atoms with Gasteiger partial charge in [-0.1, -0.05) is 0 Å². The molecule has 0 unspecified atom stereocenters. The van der Waals surface area contributed by atoms with Gasteiger partial charge in [-0.25, -0.2) is 4.79 Å². The van der Waals surface area contributed by atoms with Crippen molar-refractivity contribution in [2.45, 2.75) is 60.4 Å². The smallest absolute Gasteiger partial charge is 0.412 e. The zero-order chi connectivity index (χ0) is 18.8. The Morgan fingerprint density at radius 1 is 0.875 bits per heavy atom. The molecule has 7 heteroatoms. The van der Waals surface area contributed by atoms with E-state index in [1.54, 1.807) is 48.5 Å². The van der Waals surface area contributed by atoms with Gasteiger partial charge in [-0.2, -0.15) is 0 Å². The number of hydrogen-bond donors (Lipinski definition) is 4. The fraction of sp³-hybridized carbons (Fsp3) is 0.529. The van der Waals surface area contributed by atoms with Crippen molar-refractivity contribution < 1.29 is 24.5 Å². The van der Waals surface area contributed by atoms with Gasteiger partial charge in [0, 0.05) is 5.69 Å². The lowest BCUT2D eigenvalue weighted by molar-refractivity contribution is -0.141. The van der Waals surface area contributed by atoms with Gasteiger partial charge in [0.1, 0.15) is 5.60 Å². The molecular formula is C17H26N2O5. The first-order chi connectivity index (χ1) is 10.8. The van der Waals surface area contributed by atoms with Gasteiger partial charge in [-0.15, -0.1) is 0 Å². The Bertz CT molecular complexity index is 631. The van der Waals surface area contributed by atoms with Crippen LogP contribution in [0.25, 0.3) is 0 Å². The van der Waals surface area contributed by atoms with E-state index in [0.29, 0.717) is 11.4 Å². The molecule has 24 heavy (non-hydrogen) atoms. The first kappa shape index (κ1) is 19.9. The van der Waals surface area contributed by atoms with Gasteiger partial charge in [0.2, 0.25) is 6.29 Å². The number of rotatable bonds is 3. The van der Waals surface area contributed by atoms with E-state index < -0.39 is 23.9 Å². The maximum atomic E-state index is 12.0. The molecule has 2 amide bonds. The van der Waals surface area contributed by atoms with Crippen LogP contribution in [0.15, 0.2) is 0 Å². The van der Waals surface area contributed by atoms with E-state index >= 15 is 0 Å². The van der Waals surface area contributed by atoms with Gasteiger partial charge in [-0.05, 0) is 70.7 Å². The topological polar surface area (TPSA) is 108 Å². The first-order valence-electron chi connectivity index (χ1n) is 7.62. The Morgan fingerprint density at radius 3 is 1.58 bits per heavy atom. The van der Waals surface area contributed by atoms with E-state index in [2.05, 4.69) is 10.6 Å². The molecule has 0 aliphatic rings. The van der Waals surface area contributed by atoms with Crippen LogP contribution in [0.3, 0.4) is 0 Å². The average Bonchev–Trinajstić information content (AvgIpc) is 2.43. The average molecular weight is 338 g/mol. The van der Waals surface area contributed by atoms with Crippen molar-refractivity contribution in [1.29, 1.82) is 0 Å². The fourth-order valence-electron chi connectivity index (χ4n) is 2.28. The largest absolute Gasteiger partial charge is 0.444 e. The van der Waals surface area contributed by atoms with Crippen LogP contribution >= 0.6 is 0 Å². The van der Waals surface area contributed by atoms with Crippen molar-refractivity contribution in [2.75, 3.05) is 10.6 Å². The molecule has 0 aromatic heterocycles. The minimum Gasteiger partial charge on any atom is -0.444 e. The number of aliphatic hydroxyl groups is 2. The lowest BCUT2D eigenvalue weighted by atomic mass is 9.95. The molecule has 4 N–H and O–H groups in total. The minimum absolute atomic E-state index is 0.498. The SMILES string of the molecule is Cc1c(C)c(NC(=O)C(O)O)c(C)c(C)c1NC(=O)OC(C)(C)C. The van der Waals surface area contributed by atoms with Crippen LogP contribution in [0.2, 0.25) is 0 Å². The molecule has 0 aliphatic heterocycles. The number of ether oxygens (including phenoxy) is 1. The van der Waals surface area contributed by atoms with Crippen molar-refractivity contribution in [1.82, 2.24) is 0 Å². The van der Waals surface area contributed by atoms with E-state index in [9.17, 15) is 9.59 Å². The monoisotopic (exact) mass is 338 g/mol. The summed E-state index contributed by atoms with van der Waals surface area (Å²) in [5.41, 5.74) is 3.45. The Morgan fingerprint density at radius 2 is 1.25 bits per heavy atom. The molecule has 134 valence electrons. The lowest BCUT2D eigenvalue weighted by Gasteiger charge is -2.24. The predicted octanol–water partition coefficient (Wildman–Crippen LogP) is 2.52. The normalized spacial score (nSPS) is 11.4. The highest BCUT2D eigenvalue weighted by Gasteiger charge is 2.22. The van der Waals surface area contributed by atoms with E-state index in [1.165, 1.54) is 0 Å². The molecule has 0 radical (unpaired) electrons. The van der Waals surface area contributed by atoms with Crippen molar-refractivity contribution in [3.8, 4) is 0 Å². The van der Waals surface area contributed by atoms with Gasteiger partial charge < -0.3 is 20.3 Å². The predicted molar refractivity (Wildman–Crippen MR) is 92.1 cm³/mol. The van der Waals surface area contributed by atoms with Gasteiger partial charge >= 0.3 is 6.09 Å². The molecule has 1 rings (SSSR count). The van der Waals surface area contributed by atoms with Crippen molar-refractivity contribution in [2.24, 2.45) is 0 Å². The molecule has 0 saturated heterocycles. The molecule has 0 heterocycles. The standard InChI is InChI=1S/C17H26N2O5/c1-8-10(3)13(19-16(23)24-17(5,6)7)11(4)9(2)12(8)18-14(20)15(21)22/h15,21-22H,1-7H3,(H,18,20)(H,19,23). The molecule has 0 saturated carbocycles. The Kier molecular flexibility index (Phi) is 5.97. The second-order valence-corrected chi connectivity index (χ2v) is 6.74. The molecule has 0 atom stereocenters. The minimum atomic E-state index is -2.09. The molecule has 0 bridgehead atoms. The molecular weight excluding hydrogens is 312 g/mol. The van der Waals surface area contributed by atoms with E-state index in [-0.39, 0.29) is 0 Å². The number of amides is 2.